The van der Waals surface area contributed by atoms with Gasteiger partial charge in [-0.25, -0.2) is 0 Å². The Kier molecular flexibility index (Phi) is 4.03. The Bertz CT molecular complexity index is 715. The highest BCUT2D eigenvalue weighted by molar-refractivity contribution is 14.1. The van der Waals surface area contributed by atoms with Gasteiger partial charge in [-0.15, -0.1) is 21.8 Å². The molecule has 3 aromatic rings. The van der Waals surface area contributed by atoms with Crippen molar-refractivity contribution >= 4 is 34.2 Å². The van der Waals surface area contributed by atoms with Crippen LogP contribution in [-0.2, 0) is 0 Å². The number of rotatable bonds is 3. The molecule has 0 aliphatic carbocycles. The van der Waals surface area contributed by atoms with Gasteiger partial charge in [-0.1, -0.05) is 36.4 Å². The van der Waals surface area contributed by atoms with Crippen LogP contribution in [0.1, 0.15) is 16.8 Å². The molecule has 0 amide bonds. The molecule has 0 saturated carbocycles. The van der Waals surface area contributed by atoms with Gasteiger partial charge in [-0.05, 0) is 46.4 Å². The lowest BCUT2D eigenvalue weighted by molar-refractivity contribution is 0.513. The van der Waals surface area contributed by atoms with E-state index in [0.717, 1.165) is 14.7 Å². The Morgan fingerprint density at radius 1 is 1.00 bits per heavy atom. The van der Waals surface area contributed by atoms with E-state index < -0.39 is 5.38 Å². The van der Waals surface area contributed by atoms with Crippen molar-refractivity contribution in [3.05, 3.63) is 69.6 Å². The van der Waals surface area contributed by atoms with Crippen molar-refractivity contribution in [3.63, 3.8) is 0 Å². The minimum absolute atomic E-state index is 0.409. The summed E-state index contributed by atoms with van der Waals surface area (Å²) in [5.41, 5.74) is 1.83. The van der Waals surface area contributed by atoms with E-state index in [1.807, 2.05) is 54.6 Å². The van der Waals surface area contributed by atoms with Crippen LogP contribution in [-0.4, -0.2) is 10.2 Å². The average molecular weight is 397 g/mol. The van der Waals surface area contributed by atoms with E-state index in [4.69, 9.17) is 16.0 Å². The topological polar surface area (TPSA) is 38.9 Å². The van der Waals surface area contributed by atoms with Gasteiger partial charge in [-0.2, -0.15) is 0 Å². The van der Waals surface area contributed by atoms with Crippen LogP contribution in [0.5, 0.6) is 0 Å². The maximum Gasteiger partial charge on any atom is 0.247 e. The Hall–Kier alpha value is -1.40. The predicted molar refractivity (Wildman–Crippen MR) is 86.6 cm³/mol. The van der Waals surface area contributed by atoms with E-state index in [2.05, 4.69) is 32.8 Å². The zero-order valence-electron chi connectivity index (χ0n) is 10.3. The van der Waals surface area contributed by atoms with Crippen molar-refractivity contribution in [1.82, 2.24) is 10.2 Å². The zero-order chi connectivity index (χ0) is 13.9. The molecule has 0 saturated heterocycles. The molecule has 2 aromatic carbocycles. The van der Waals surface area contributed by atoms with E-state index in [-0.39, 0.29) is 0 Å². The molecule has 20 heavy (non-hydrogen) atoms. The van der Waals surface area contributed by atoms with Crippen LogP contribution in [0.2, 0.25) is 0 Å². The predicted octanol–water partition coefficient (Wildman–Crippen LogP) is 4.67. The number of hydrogen-bond acceptors (Lipinski definition) is 3. The number of alkyl halides is 1. The van der Waals surface area contributed by atoms with E-state index in [1.54, 1.807) is 0 Å². The molecular weight excluding hydrogens is 387 g/mol. The van der Waals surface area contributed by atoms with Crippen LogP contribution in [0.4, 0.5) is 0 Å². The van der Waals surface area contributed by atoms with Gasteiger partial charge in [0.1, 0.15) is 5.38 Å². The van der Waals surface area contributed by atoms with Crippen LogP contribution in [0.25, 0.3) is 11.5 Å². The van der Waals surface area contributed by atoms with Gasteiger partial charge >= 0.3 is 0 Å². The molecule has 3 rings (SSSR count). The van der Waals surface area contributed by atoms with Crippen LogP contribution < -0.4 is 0 Å². The molecule has 0 spiro atoms. The molecule has 100 valence electrons. The summed E-state index contributed by atoms with van der Waals surface area (Å²) in [7, 11) is 0. The lowest BCUT2D eigenvalue weighted by Crippen LogP contribution is -1.92. The maximum absolute atomic E-state index is 6.37. The summed E-state index contributed by atoms with van der Waals surface area (Å²) in [5, 5.41) is 7.69. The standard InChI is InChI=1S/C15H10ClIN2O/c16-13(10-5-2-1-3-6-10)15-19-18-14(20-15)11-7-4-8-12(17)9-11/h1-9,13H. The Balaban J connectivity index is 1.91. The van der Waals surface area contributed by atoms with Gasteiger partial charge in [0.2, 0.25) is 11.8 Å². The summed E-state index contributed by atoms with van der Waals surface area (Å²) in [5.74, 6) is 0.895. The van der Waals surface area contributed by atoms with Crippen LogP contribution in [0, 0.1) is 3.57 Å². The molecule has 0 bridgehead atoms. The second-order valence-electron chi connectivity index (χ2n) is 4.23. The van der Waals surface area contributed by atoms with Crippen molar-refractivity contribution in [2.75, 3.05) is 0 Å². The molecular formula is C15H10ClIN2O. The second-order valence-corrected chi connectivity index (χ2v) is 5.91. The van der Waals surface area contributed by atoms with Crippen LogP contribution in [0.3, 0.4) is 0 Å². The molecule has 0 aliphatic rings. The fourth-order valence-electron chi connectivity index (χ4n) is 1.84. The number of aromatic nitrogens is 2. The summed E-state index contributed by atoms with van der Waals surface area (Å²) in [6.45, 7) is 0. The monoisotopic (exact) mass is 396 g/mol. The SMILES string of the molecule is ClC(c1ccccc1)c1nnc(-c2cccc(I)c2)o1. The third-order valence-electron chi connectivity index (χ3n) is 2.82. The molecule has 0 fully saturated rings. The summed E-state index contributed by atoms with van der Waals surface area (Å²) >= 11 is 8.61. The van der Waals surface area contributed by atoms with Crippen molar-refractivity contribution in [1.29, 1.82) is 0 Å². The molecule has 1 unspecified atom stereocenters. The summed E-state index contributed by atoms with van der Waals surface area (Å²) < 4.78 is 6.80. The van der Waals surface area contributed by atoms with Crippen LogP contribution >= 0.6 is 34.2 Å². The van der Waals surface area contributed by atoms with Gasteiger partial charge in [-0.3, -0.25) is 0 Å². The van der Waals surface area contributed by atoms with Crippen molar-refractivity contribution in [2.45, 2.75) is 5.38 Å². The third kappa shape index (κ3) is 2.86. The first-order valence-electron chi connectivity index (χ1n) is 6.02. The number of benzene rings is 2. The minimum atomic E-state index is -0.430. The summed E-state index contributed by atoms with van der Waals surface area (Å²) in [4.78, 5) is 0. The fourth-order valence-corrected chi connectivity index (χ4v) is 2.62. The largest absolute Gasteiger partial charge is 0.419 e. The minimum Gasteiger partial charge on any atom is -0.419 e. The molecule has 1 heterocycles. The van der Waals surface area contributed by atoms with Crippen LogP contribution in [0.15, 0.2) is 59.0 Å². The van der Waals surface area contributed by atoms with Gasteiger partial charge in [0.25, 0.3) is 0 Å². The van der Waals surface area contributed by atoms with E-state index in [0.29, 0.717) is 11.8 Å². The smallest absolute Gasteiger partial charge is 0.247 e. The lowest BCUT2D eigenvalue weighted by atomic mass is 10.1. The highest BCUT2D eigenvalue weighted by atomic mass is 127. The Labute approximate surface area is 135 Å². The Morgan fingerprint density at radius 2 is 1.80 bits per heavy atom. The van der Waals surface area contributed by atoms with E-state index >= 15 is 0 Å². The molecule has 0 aliphatic heterocycles. The number of nitrogens with zero attached hydrogens (tertiary/aromatic N) is 2. The second kappa shape index (κ2) is 5.93. The normalized spacial score (nSPS) is 12.3. The molecule has 3 nitrogen and oxygen atoms in total. The Morgan fingerprint density at radius 3 is 2.55 bits per heavy atom. The molecule has 1 atom stereocenters. The van der Waals surface area contributed by atoms with E-state index in [9.17, 15) is 0 Å². The van der Waals surface area contributed by atoms with Gasteiger partial charge in [0, 0.05) is 9.13 Å². The van der Waals surface area contributed by atoms with E-state index in [1.165, 1.54) is 0 Å². The van der Waals surface area contributed by atoms with Gasteiger partial charge in [0.15, 0.2) is 0 Å². The molecule has 5 heteroatoms. The van der Waals surface area contributed by atoms with Crippen molar-refractivity contribution in [3.8, 4) is 11.5 Å². The highest BCUT2D eigenvalue weighted by Gasteiger charge is 2.18. The maximum atomic E-state index is 6.37. The number of halogens is 2. The number of hydrogen-bond donors (Lipinski definition) is 0. The van der Waals surface area contributed by atoms with Gasteiger partial charge < -0.3 is 4.42 Å². The summed E-state index contributed by atoms with van der Waals surface area (Å²) in [6, 6.07) is 17.6. The lowest BCUT2D eigenvalue weighted by Gasteiger charge is -2.03. The first-order valence-corrected chi connectivity index (χ1v) is 7.54. The van der Waals surface area contributed by atoms with Gasteiger partial charge in [0.05, 0.1) is 0 Å². The molecule has 0 radical (unpaired) electrons. The highest BCUT2D eigenvalue weighted by Crippen LogP contribution is 2.29. The molecule has 0 N–H and O–H groups in total. The molecule has 1 aromatic heterocycles. The fraction of sp³-hybridized carbons (Fsp3) is 0.0667. The summed E-state index contributed by atoms with van der Waals surface area (Å²) in [6.07, 6.45) is 0. The zero-order valence-corrected chi connectivity index (χ0v) is 13.2. The quantitative estimate of drug-likeness (QED) is 0.477. The third-order valence-corrected chi connectivity index (χ3v) is 3.93. The van der Waals surface area contributed by atoms with Crippen molar-refractivity contribution in [2.24, 2.45) is 0 Å². The first kappa shape index (κ1) is 13.6. The first-order chi connectivity index (χ1) is 9.74. The van der Waals surface area contributed by atoms with Crippen molar-refractivity contribution < 1.29 is 4.42 Å². The average Bonchev–Trinajstić information content (AvgIpc) is 2.97.